The molecular formula is C15H24N2O2. The van der Waals surface area contributed by atoms with E-state index < -0.39 is 0 Å². The van der Waals surface area contributed by atoms with Crippen LogP contribution in [-0.2, 0) is 4.79 Å². The Morgan fingerprint density at radius 3 is 2.68 bits per heavy atom. The summed E-state index contributed by atoms with van der Waals surface area (Å²) in [6, 6.07) is 5.91. The van der Waals surface area contributed by atoms with Gasteiger partial charge in [0.1, 0.15) is 5.75 Å². The van der Waals surface area contributed by atoms with Crippen molar-refractivity contribution in [3.8, 4) is 5.75 Å². The Hall–Kier alpha value is -1.55. The topological polar surface area (TPSA) is 50.4 Å². The van der Waals surface area contributed by atoms with Crippen LogP contribution in [-0.4, -0.2) is 26.6 Å². The second kappa shape index (κ2) is 7.79. The summed E-state index contributed by atoms with van der Waals surface area (Å²) in [5.74, 6) is 1.15. The van der Waals surface area contributed by atoms with Gasteiger partial charge in [0.15, 0.2) is 0 Å². The summed E-state index contributed by atoms with van der Waals surface area (Å²) in [4.78, 5) is 11.8. The van der Waals surface area contributed by atoms with Crippen LogP contribution in [0.5, 0.6) is 5.75 Å². The highest BCUT2D eigenvalue weighted by molar-refractivity contribution is 5.92. The first kappa shape index (κ1) is 15.5. The summed E-state index contributed by atoms with van der Waals surface area (Å²) in [5.41, 5.74) is 1.94. The summed E-state index contributed by atoms with van der Waals surface area (Å²) < 4.78 is 5.28. The number of ether oxygens (including phenoxy) is 1. The Morgan fingerprint density at radius 1 is 1.37 bits per heavy atom. The van der Waals surface area contributed by atoms with Gasteiger partial charge in [-0.05, 0) is 43.6 Å². The van der Waals surface area contributed by atoms with E-state index in [0.29, 0.717) is 18.1 Å². The molecule has 0 fully saturated rings. The number of hydrogen-bond acceptors (Lipinski definition) is 3. The van der Waals surface area contributed by atoms with Gasteiger partial charge >= 0.3 is 0 Å². The molecule has 1 aromatic carbocycles. The molecule has 0 unspecified atom stereocenters. The predicted octanol–water partition coefficient (Wildman–Crippen LogP) is 2.76. The van der Waals surface area contributed by atoms with Crippen LogP contribution < -0.4 is 15.4 Å². The SMILES string of the molecule is CNCCCC(=O)Nc1cc(C(C)C)ccc1OC. The van der Waals surface area contributed by atoms with E-state index in [1.807, 2.05) is 25.2 Å². The molecule has 1 amide bonds. The van der Waals surface area contributed by atoms with Crippen molar-refractivity contribution < 1.29 is 9.53 Å². The number of amides is 1. The van der Waals surface area contributed by atoms with E-state index in [-0.39, 0.29) is 5.91 Å². The van der Waals surface area contributed by atoms with Gasteiger partial charge in [-0.15, -0.1) is 0 Å². The largest absolute Gasteiger partial charge is 0.495 e. The second-order valence-electron chi connectivity index (χ2n) is 4.87. The Balaban J connectivity index is 2.74. The van der Waals surface area contributed by atoms with Crippen LogP contribution in [0.1, 0.15) is 38.2 Å². The summed E-state index contributed by atoms with van der Waals surface area (Å²) in [6.45, 7) is 5.09. The minimum absolute atomic E-state index is 0.0226. The molecule has 0 spiro atoms. The van der Waals surface area contributed by atoms with Crippen LogP contribution in [0.15, 0.2) is 18.2 Å². The first-order valence-corrected chi connectivity index (χ1v) is 6.71. The highest BCUT2D eigenvalue weighted by atomic mass is 16.5. The fourth-order valence-electron chi connectivity index (χ4n) is 1.82. The van der Waals surface area contributed by atoms with Crippen LogP contribution in [0.4, 0.5) is 5.69 Å². The molecular weight excluding hydrogens is 240 g/mol. The Bertz CT molecular complexity index is 417. The molecule has 19 heavy (non-hydrogen) atoms. The Labute approximate surface area is 115 Å². The van der Waals surface area contributed by atoms with Crippen molar-refractivity contribution in [1.82, 2.24) is 5.32 Å². The Kier molecular flexibility index (Phi) is 6.36. The van der Waals surface area contributed by atoms with E-state index in [1.54, 1.807) is 7.11 Å². The summed E-state index contributed by atoms with van der Waals surface area (Å²) in [7, 11) is 3.49. The van der Waals surface area contributed by atoms with E-state index in [0.717, 1.165) is 18.7 Å². The van der Waals surface area contributed by atoms with Crippen molar-refractivity contribution in [3.05, 3.63) is 23.8 Å². The molecule has 0 aromatic heterocycles. The monoisotopic (exact) mass is 264 g/mol. The zero-order valence-corrected chi connectivity index (χ0v) is 12.2. The predicted molar refractivity (Wildman–Crippen MR) is 78.9 cm³/mol. The van der Waals surface area contributed by atoms with E-state index >= 15 is 0 Å². The van der Waals surface area contributed by atoms with E-state index in [2.05, 4.69) is 24.5 Å². The molecule has 2 N–H and O–H groups in total. The number of methoxy groups -OCH3 is 1. The first-order valence-electron chi connectivity index (χ1n) is 6.71. The van der Waals surface area contributed by atoms with Gasteiger partial charge in [0.2, 0.25) is 5.91 Å². The van der Waals surface area contributed by atoms with Gasteiger partial charge in [0.05, 0.1) is 12.8 Å². The molecule has 1 rings (SSSR count). The molecule has 0 saturated carbocycles. The smallest absolute Gasteiger partial charge is 0.224 e. The second-order valence-corrected chi connectivity index (χ2v) is 4.87. The van der Waals surface area contributed by atoms with Crippen molar-refractivity contribution >= 4 is 11.6 Å². The lowest BCUT2D eigenvalue weighted by molar-refractivity contribution is -0.116. The van der Waals surface area contributed by atoms with E-state index in [1.165, 1.54) is 5.56 Å². The Morgan fingerprint density at radius 2 is 2.11 bits per heavy atom. The summed E-state index contributed by atoms with van der Waals surface area (Å²) in [6.07, 6.45) is 1.34. The number of hydrogen-bond donors (Lipinski definition) is 2. The molecule has 106 valence electrons. The van der Waals surface area contributed by atoms with Gasteiger partial charge in [-0.1, -0.05) is 19.9 Å². The number of rotatable bonds is 7. The molecule has 0 bridgehead atoms. The lowest BCUT2D eigenvalue weighted by Gasteiger charge is -2.13. The van der Waals surface area contributed by atoms with Crippen molar-refractivity contribution in [2.75, 3.05) is 26.0 Å². The van der Waals surface area contributed by atoms with Crippen LogP contribution in [0.25, 0.3) is 0 Å². The van der Waals surface area contributed by atoms with Gasteiger partial charge in [0.25, 0.3) is 0 Å². The lowest BCUT2D eigenvalue weighted by atomic mass is 10.0. The zero-order valence-electron chi connectivity index (χ0n) is 12.2. The molecule has 0 aliphatic carbocycles. The molecule has 0 aliphatic rings. The summed E-state index contributed by atoms with van der Waals surface area (Å²) >= 11 is 0. The third kappa shape index (κ3) is 4.91. The zero-order chi connectivity index (χ0) is 14.3. The van der Waals surface area contributed by atoms with Gasteiger partial charge in [-0.3, -0.25) is 4.79 Å². The average molecular weight is 264 g/mol. The molecule has 4 nitrogen and oxygen atoms in total. The molecule has 0 heterocycles. The number of carbonyl (C=O) groups is 1. The van der Waals surface area contributed by atoms with E-state index in [4.69, 9.17) is 4.74 Å². The van der Waals surface area contributed by atoms with Gasteiger partial charge in [0, 0.05) is 6.42 Å². The van der Waals surface area contributed by atoms with Crippen LogP contribution in [0, 0.1) is 0 Å². The maximum Gasteiger partial charge on any atom is 0.224 e. The molecule has 1 aromatic rings. The first-order chi connectivity index (χ1) is 9.08. The number of nitrogens with one attached hydrogen (secondary N) is 2. The maximum atomic E-state index is 11.8. The quantitative estimate of drug-likeness (QED) is 0.745. The minimum atomic E-state index is 0.0226. The fourth-order valence-corrected chi connectivity index (χ4v) is 1.82. The fraction of sp³-hybridized carbons (Fsp3) is 0.533. The van der Waals surface area contributed by atoms with Crippen molar-refractivity contribution in [1.29, 1.82) is 0 Å². The van der Waals surface area contributed by atoms with Crippen molar-refractivity contribution in [2.24, 2.45) is 0 Å². The molecule has 0 atom stereocenters. The lowest BCUT2D eigenvalue weighted by Crippen LogP contribution is -2.15. The maximum absolute atomic E-state index is 11.8. The highest BCUT2D eigenvalue weighted by Gasteiger charge is 2.09. The van der Waals surface area contributed by atoms with Crippen molar-refractivity contribution in [3.63, 3.8) is 0 Å². The van der Waals surface area contributed by atoms with Gasteiger partial charge in [-0.2, -0.15) is 0 Å². The molecule has 0 aliphatic heterocycles. The third-order valence-electron chi connectivity index (χ3n) is 2.99. The number of anilines is 1. The normalized spacial score (nSPS) is 10.6. The van der Waals surface area contributed by atoms with Crippen LogP contribution in [0.2, 0.25) is 0 Å². The van der Waals surface area contributed by atoms with Crippen LogP contribution in [0.3, 0.4) is 0 Å². The molecule has 4 heteroatoms. The number of carbonyl (C=O) groups excluding carboxylic acids is 1. The highest BCUT2D eigenvalue weighted by Crippen LogP contribution is 2.28. The standard InChI is InChI=1S/C15H24N2O2/c1-11(2)12-7-8-14(19-4)13(10-12)17-15(18)6-5-9-16-3/h7-8,10-11,16H,5-6,9H2,1-4H3,(H,17,18). The van der Waals surface area contributed by atoms with Crippen molar-refractivity contribution in [2.45, 2.75) is 32.6 Å². The minimum Gasteiger partial charge on any atom is -0.495 e. The van der Waals surface area contributed by atoms with Gasteiger partial charge in [-0.25, -0.2) is 0 Å². The number of benzene rings is 1. The van der Waals surface area contributed by atoms with Gasteiger partial charge < -0.3 is 15.4 Å². The average Bonchev–Trinajstić information content (AvgIpc) is 2.38. The molecule has 0 saturated heterocycles. The third-order valence-corrected chi connectivity index (χ3v) is 2.99. The van der Waals surface area contributed by atoms with Crippen LogP contribution >= 0.6 is 0 Å². The summed E-state index contributed by atoms with van der Waals surface area (Å²) in [5, 5.41) is 5.95. The van der Waals surface area contributed by atoms with E-state index in [9.17, 15) is 4.79 Å². The molecule has 0 radical (unpaired) electrons.